The van der Waals surface area contributed by atoms with Gasteiger partial charge in [0.15, 0.2) is 5.16 Å². The average Bonchev–Trinajstić information content (AvgIpc) is 3.05. The predicted octanol–water partition coefficient (Wildman–Crippen LogP) is 4.23. The number of rotatable bonds is 4. The molecule has 1 aromatic carbocycles. The maximum Gasteiger partial charge on any atom is 0.318 e. The van der Waals surface area contributed by atoms with E-state index in [1.807, 2.05) is 30.3 Å². The van der Waals surface area contributed by atoms with E-state index in [1.165, 1.54) is 23.7 Å². The number of carbonyl (C=O) groups excluding carboxylic acids is 1. The first-order chi connectivity index (χ1) is 13.5. The Morgan fingerprint density at radius 2 is 2.11 bits per heavy atom. The van der Waals surface area contributed by atoms with Crippen LogP contribution in [0.4, 0.5) is 0 Å². The highest BCUT2D eigenvalue weighted by molar-refractivity contribution is 8.00. The molecule has 0 saturated heterocycles. The van der Waals surface area contributed by atoms with E-state index in [0.717, 1.165) is 40.7 Å². The number of ether oxygens (including phenoxy) is 1. The number of thiophene rings is 1. The first-order valence-corrected chi connectivity index (χ1v) is 11.1. The molecule has 2 atom stereocenters. The molecule has 1 aliphatic rings. The Balaban J connectivity index is 1.94. The predicted molar refractivity (Wildman–Crippen MR) is 114 cm³/mol. The van der Waals surface area contributed by atoms with Crippen LogP contribution in [0.5, 0.6) is 0 Å². The lowest BCUT2D eigenvalue weighted by Crippen LogP contribution is -2.24. The Morgan fingerprint density at radius 3 is 2.82 bits per heavy atom. The van der Waals surface area contributed by atoms with Crippen molar-refractivity contribution < 1.29 is 9.53 Å². The number of aromatic nitrogens is 2. The summed E-state index contributed by atoms with van der Waals surface area (Å²) in [6.07, 6.45) is 3.02. The van der Waals surface area contributed by atoms with Crippen molar-refractivity contribution in [3.63, 3.8) is 0 Å². The summed E-state index contributed by atoms with van der Waals surface area (Å²) in [4.78, 5) is 32.4. The lowest BCUT2D eigenvalue weighted by Gasteiger charge is -2.18. The van der Waals surface area contributed by atoms with E-state index < -0.39 is 5.25 Å². The molecule has 2 heterocycles. The molecule has 5 nitrogen and oxygen atoms in total. The van der Waals surface area contributed by atoms with Crippen LogP contribution in [0.25, 0.3) is 15.9 Å². The van der Waals surface area contributed by atoms with E-state index in [0.29, 0.717) is 11.1 Å². The topological polar surface area (TPSA) is 61.2 Å². The molecule has 0 aliphatic heterocycles. The number of benzene rings is 1. The van der Waals surface area contributed by atoms with Crippen LogP contribution in [0, 0.1) is 5.92 Å². The first-order valence-electron chi connectivity index (χ1n) is 9.36. The van der Waals surface area contributed by atoms with Gasteiger partial charge in [-0.05, 0) is 49.8 Å². The van der Waals surface area contributed by atoms with E-state index >= 15 is 0 Å². The average molecular weight is 415 g/mol. The van der Waals surface area contributed by atoms with Gasteiger partial charge >= 0.3 is 5.97 Å². The smallest absolute Gasteiger partial charge is 0.318 e. The standard InChI is InChI=1S/C21H22N2O3S2/c1-12-9-10-15-16(11-12)28-18-17(15)19(24)23(14-7-5-4-6-8-14)21(22-18)27-13(2)20(25)26-3/h4-8,12-13H,9-11H2,1-3H3/t12-,13-/m0/s1. The number of aryl methyl sites for hydroxylation is 1. The van der Waals surface area contributed by atoms with Gasteiger partial charge in [-0.2, -0.15) is 0 Å². The largest absolute Gasteiger partial charge is 0.468 e. The molecule has 146 valence electrons. The van der Waals surface area contributed by atoms with Gasteiger partial charge in [-0.1, -0.05) is 36.9 Å². The van der Waals surface area contributed by atoms with Crippen molar-refractivity contribution in [3.05, 3.63) is 51.1 Å². The number of esters is 1. The van der Waals surface area contributed by atoms with Gasteiger partial charge in [-0.25, -0.2) is 4.98 Å². The van der Waals surface area contributed by atoms with Gasteiger partial charge in [-0.3, -0.25) is 14.2 Å². The summed E-state index contributed by atoms with van der Waals surface area (Å²) in [7, 11) is 1.37. The number of nitrogens with zero attached hydrogens (tertiary/aromatic N) is 2. The minimum atomic E-state index is -0.459. The number of methoxy groups -OCH3 is 1. The molecule has 2 aromatic heterocycles. The van der Waals surface area contributed by atoms with Crippen LogP contribution < -0.4 is 5.56 Å². The van der Waals surface area contributed by atoms with E-state index in [2.05, 4.69) is 6.92 Å². The lowest BCUT2D eigenvalue weighted by molar-refractivity contribution is -0.139. The van der Waals surface area contributed by atoms with Crippen LogP contribution in [-0.2, 0) is 22.4 Å². The summed E-state index contributed by atoms with van der Waals surface area (Å²) in [5.74, 6) is 0.295. The molecule has 0 saturated carbocycles. The van der Waals surface area contributed by atoms with Gasteiger partial charge in [0, 0.05) is 4.88 Å². The number of carbonyl (C=O) groups is 1. The van der Waals surface area contributed by atoms with Gasteiger partial charge in [0.05, 0.1) is 18.2 Å². The Hall–Kier alpha value is -2.12. The summed E-state index contributed by atoms with van der Waals surface area (Å²) >= 11 is 2.88. The van der Waals surface area contributed by atoms with Crippen molar-refractivity contribution in [2.45, 2.75) is 43.5 Å². The molecule has 28 heavy (non-hydrogen) atoms. The summed E-state index contributed by atoms with van der Waals surface area (Å²) < 4.78 is 6.49. The maximum absolute atomic E-state index is 13.6. The molecule has 0 bridgehead atoms. The summed E-state index contributed by atoms with van der Waals surface area (Å²) in [6, 6.07) is 9.49. The molecule has 7 heteroatoms. The van der Waals surface area contributed by atoms with Crippen molar-refractivity contribution in [2.75, 3.05) is 7.11 Å². The number of fused-ring (bicyclic) bond motifs is 3. The third kappa shape index (κ3) is 3.37. The number of para-hydroxylation sites is 1. The number of hydrogen-bond donors (Lipinski definition) is 0. The van der Waals surface area contributed by atoms with Crippen LogP contribution >= 0.6 is 23.1 Å². The molecule has 0 radical (unpaired) electrons. The van der Waals surface area contributed by atoms with Crippen LogP contribution in [0.2, 0.25) is 0 Å². The second-order valence-electron chi connectivity index (χ2n) is 7.19. The van der Waals surface area contributed by atoms with Crippen LogP contribution in [-0.4, -0.2) is 27.9 Å². The molecule has 0 fully saturated rings. The van der Waals surface area contributed by atoms with Crippen molar-refractivity contribution in [3.8, 4) is 5.69 Å². The Kier molecular flexibility index (Phi) is 5.29. The normalized spacial score (nSPS) is 17.3. The molecule has 0 N–H and O–H groups in total. The second-order valence-corrected chi connectivity index (χ2v) is 9.58. The van der Waals surface area contributed by atoms with E-state index in [9.17, 15) is 9.59 Å². The van der Waals surface area contributed by atoms with Crippen LogP contribution in [0.15, 0.2) is 40.3 Å². The minimum absolute atomic E-state index is 0.0529. The molecule has 0 unspecified atom stereocenters. The van der Waals surface area contributed by atoms with Crippen LogP contribution in [0.3, 0.4) is 0 Å². The second kappa shape index (κ2) is 7.72. The third-order valence-corrected chi connectivity index (χ3v) is 7.31. The highest BCUT2D eigenvalue weighted by atomic mass is 32.2. The van der Waals surface area contributed by atoms with Crippen molar-refractivity contribution >= 4 is 39.3 Å². The Morgan fingerprint density at radius 1 is 1.36 bits per heavy atom. The van der Waals surface area contributed by atoms with Gasteiger partial charge in [0.1, 0.15) is 10.1 Å². The first kappa shape index (κ1) is 19.2. The van der Waals surface area contributed by atoms with Gasteiger partial charge in [0.2, 0.25) is 0 Å². The van der Waals surface area contributed by atoms with Crippen molar-refractivity contribution in [2.24, 2.45) is 5.92 Å². The fourth-order valence-electron chi connectivity index (χ4n) is 3.63. The Labute approximate surface area is 171 Å². The zero-order valence-corrected chi connectivity index (χ0v) is 17.7. The monoisotopic (exact) mass is 414 g/mol. The van der Waals surface area contributed by atoms with Crippen molar-refractivity contribution in [1.29, 1.82) is 0 Å². The van der Waals surface area contributed by atoms with Gasteiger partial charge in [-0.15, -0.1) is 11.3 Å². The van der Waals surface area contributed by atoms with Crippen LogP contribution in [0.1, 0.15) is 30.7 Å². The number of hydrogen-bond acceptors (Lipinski definition) is 6. The SMILES string of the molecule is COC(=O)[C@H](C)Sc1nc2sc3c(c2c(=O)n1-c1ccccc1)CC[C@H](C)C3. The summed E-state index contributed by atoms with van der Waals surface area (Å²) in [5.41, 5.74) is 1.87. The molecular weight excluding hydrogens is 392 g/mol. The number of thioether (sulfide) groups is 1. The fraction of sp³-hybridized carbons (Fsp3) is 0.381. The highest BCUT2D eigenvalue weighted by Crippen LogP contribution is 2.37. The molecule has 0 amide bonds. The zero-order valence-electron chi connectivity index (χ0n) is 16.1. The van der Waals surface area contributed by atoms with Gasteiger partial charge in [0.25, 0.3) is 5.56 Å². The van der Waals surface area contributed by atoms with E-state index in [4.69, 9.17) is 9.72 Å². The molecule has 3 aromatic rings. The molecular formula is C21H22N2O3S2. The third-order valence-electron chi connectivity index (χ3n) is 5.13. The summed E-state index contributed by atoms with van der Waals surface area (Å²) in [5, 5.41) is 0.804. The van der Waals surface area contributed by atoms with E-state index in [-0.39, 0.29) is 11.5 Å². The van der Waals surface area contributed by atoms with E-state index in [1.54, 1.807) is 22.8 Å². The summed E-state index contributed by atoms with van der Waals surface area (Å²) in [6.45, 7) is 4.02. The highest BCUT2D eigenvalue weighted by Gasteiger charge is 2.26. The molecule has 0 spiro atoms. The minimum Gasteiger partial charge on any atom is -0.468 e. The molecule has 1 aliphatic carbocycles. The zero-order chi connectivity index (χ0) is 19.8. The lowest BCUT2D eigenvalue weighted by atomic mass is 9.89. The Bertz CT molecular complexity index is 1090. The quantitative estimate of drug-likeness (QED) is 0.363. The fourth-order valence-corrected chi connectivity index (χ4v) is 6.00. The van der Waals surface area contributed by atoms with Crippen molar-refractivity contribution in [1.82, 2.24) is 9.55 Å². The maximum atomic E-state index is 13.6. The molecule has 4 rings (SSSR count). The van der Waals surface area contributed by atoms with Gasteiger partial charge < -0.3 is 4.74 Å².